The van der Waals surface area contributed by atoms with Gasteiger partial charge in [-0.05, 0) is 38.0 Å². The van der Waals surface area contributed by atoms with Gasteiger partial charge in [0.05, 0.1) is 0 Å². The molecule has 2 unspecified atom stereocenters. The van der Waals surface area contributed by atoms with Crippen LogP contribution in [0.25, 0.3) is 0 Å². The monoisotopic (exact) mass is 403 g/mol. The first kappa shape index (κ1) is 22.8. The largest absolute Gasteiger partial charge is 0.353 e. The van der Waals surface area contributed by atoms with Gasteiger partial charge in [-0.3, -0.25) is 9.59 Å². The van der Waals surface area contributed by atoms with E-state index >= 15 is 0 Å². The van der Waals surface area contributed by atoms with Crippen LogP contribution in [0.5, 0.6) is 0 Å². The molecule has 1 amide bonds. The van der Waals surface area contributed by atoms with Crippen LogP contribution in [0.4, 0.5) is 0 Å². The van der Waals surface area contributed by atoms with Gasteiger partial charge in [-0.2, -0.15) is 0 Å². The lowest BCUT2D eigenvalue weighted by Crippen LogP contribution is -2.40. The summed E-state index contributed by atoms with van der Waals surface area (Å²) in [5.41, 5.74) is 0. The summed E-state index contributed by atoms with van der Waals surface area (Å²) in [6, 6.07) is 0.224. The predicted octanol–water partition coefficient (Wildman–Crippen LogP) is 6.73. The van der Waals surface area contributed by atoms with E-state index in [9.17, 15) is 9.59 Å². The smallest absolute Gasteiger partial charge is 0.223 e. The molecule has 1 N–H and O–H groups in total. The van der Waals surface area contributed by atoms with Gasteiger partial charge in [0.25, 0.3) is 0 Å². The predicted molar refractivity (Wildman–Crippen MR) is 120 cm³/mol. The molecular formula is C26H45NO2. The molecule has 3 heteroatoms. The molecule has 0 bridgehead atoms. The van der Waals surface area contributed by atoms with Gasteiger partial charge < -0.3 is 5.32 Å². The molecule has 3 nitrogen and oxygen atoms in total. The van der Waals surface area contributed by atoms with Crippen LogP contribution < -0.4 is 5.32 Å². The van der Waals surface area contributed by atoms with Gasteiger partial charge in [-0.25, -0.2) is 0 Å². The van der Waals surface area contributed by atoms with Crippen LogP contribution in [0.3, 0.4) is 0 Å². The number of carbonyl (C=O) groups excluding carboxylic acids is 2. The second-order valence-corrected chi connectivity index (χ2v) is 10.3. The lowest BCUT2D eigenvalue weighted by molar-refractivity contribution is -0.128. The van der Waals surface area contributed by atoms with E-state index in [4.69, 9.17) is 0 Å². The van der Waals surface area contributed by atoms with Crippen LogP contribution in [0.1, 0.15) is 128 Å². The first-order chi connectivity index (χ1) is 14.2. The highest BCUT2D eigenvalue weighted by Crippen LogP contribution is 2.31. The van der Waals surface area contributed by atoms with E-state index in [0.29, 0.717) is 11.7 Å². The van der Waals surface area contributed by atoms with Gasteiger partial charge in [-0.15, -0.1) is 0 Å². The van der Waals surface area contributed by atoms with Crippen molar-refractivity contribution in [3.63, 3.8) is 0 Å². The van der Waals surface area contributed by atoms with Gasteiger partial charge in [-0.1, -0.05) is 89.9 Å². The van der Waals surface area contributed by atoms with Crippen molar-refractivity contribution in [2.45, 2.75) is 134 Å². The first-order valence-corrected chi connectivity index (χ1v) is 13.1. The van der Waals surface area contributed by atoms with E-state index in [1.807, 2.05) is 0 Å². The van der Waals surface area contributed by atoms with Crippen molar-refractivity contribution in [2.24, 2.45) is 17.8 Å². The topological polar surface area (TPSA) is 46.2 Å². The number of rotatable bonds is 5. The molecule has 29 heavy (non-hydrogen) atoms. The quantitative estimate of drug-likeness (QED) is 0.517. The third kappa shape index (κ3) is 8.06. The summed E-state index contributed by atoms with van der Waals surface area (Å²) < 4.78 is 0. The zero-order valence-electron chi connectivity index (χ0n) is 18.8. The van der Waals surface area contributed by atoms with Crippen molar-refractivity contribution in [1.29, 1.82) is 0 Å². The van der Waals surface area contributed by atoms with E-state index < -0.39 is 0 Å². The van der Waals surface area contributed by atoms with Crippen molar-refractivity contribution in [3.05, 3.63) is 0 Å². The molecule has 0 spiro atoms. The Morgan fingerprint density at radius 1 is 0.586 bits per heavy atom. The van der Waals surface area contributed by atoms with E-state index in [0.717, 1.165) is 51.4 Å². The number of amides is 1. The number of hydrogen-bond acceptors (Lipinski definition) is 2. The third-order valence-electron chi connectivity index (χ3n) is 7.92. The van der Waals surface area contributed by atoms with E-state index in [-0.39, 0.29) is 23.8 Å². The summed E-state index contributed by atoms with van der Waals surface area (Å²) in [7, 11) is 0. The fourth-order valence-electron chi connectivity index (χ4n) is 6.02. The second kappa shape index (κ2) is 12.7. The number of carbonyl (C=O) groups is 2. The molecule has 0 radical (unpaired) electrons. The average molecular weight is 404 g/mol. The molecule has 0 saturated heterocycles. The minimum absolute atomic E-state index is 0.186. The van der Waals surface area contributed by atoms with Crippen LogP contribution in [-0.2, 0) is 9.59 Å². The van der Waals surface area contributed by atoms with Gasteiger partial charge >= 0.3 is 0 Å². The molecular weight excluding hydrogens is 358 g/mol. The molecule has 0 aromatic heterocycles. The molecule has 2 atom stereocenters. The molecule has 0 aromatic rings. The Morgan fingerprint density at radius 2 is 1.07 bits per heavy atom. The van der Waals surface area contributed by atoms with Crippen molar-refractivity contribution in [3.8, 4) is 0 Å². The van der Waals surface area contributed by atoms with Crippen LogP contribution in [-0.4, -0.2) is 17.7 Å². The first-order valence-electron chi connectivity index (χ1n) is 13.1. The Hall–Kier alpha value is -0.860. The lowest BCUT2D eigenvalue weighted by Gasteiger charge is -2.26. The molecule has 0 heterocycles. The van der Waals surface area contributed by atoms with Gasteiger partial charge in [0.2, 0.25) is 5.91 Å². The number of ketones is 1. The maximum absolute atomic E-state index is 13.1. The molecule has 3 saturated carbocycles. The minimum Gasteiger partial charge on any atom is -0.353 e. The highest BCUT2D eigenvalue weighted by atomic mass is 16.2. The summed E-state index contributed by atoms with van der Waals surface area (Å²) in [5.74, 6) is 1.80. The third-order valence-corrected chi connectivity index (χ3v) is 7.92. The number of nitrogens with one attached hydrogen (secondary N) is 1. The van der Waals surface area contributed by atoms with Crippen LogP contribution in [0.15, 0.2) is 0 Å². The fourth-order valence-corrected chi connectivity index (χ4v) is 6.02. The van der Waals surface area contributed by atoms with Crippen molar-refractivity contribution < 1.29 is 9.59 Å². The summed E-state index contributed by atoms with van der Waals surface area (Å²) in [6.07, 6.45) is 23.7. The maximum atomic E-state index is 13.1. The van der Waals surface area contributed by atoms with Gasteiger partial charge in [0, 0.05) is 24.3 Å². The van der Waals surface area contributed by atoms with Gasteiger partial charge in [0.1, 0.15) is 5.78 Å². The van der Waals surface area contributed by atoms with E-state index in [1.54, 1.807) is 0 Å². The van der Waals surface area contributed by atoms with Crippen molar-refractivity contribution in [1.82, 2.24) is 5.32 Å². The van der Waals surface area contributed by atoms with Crippen LogP contribution >= 0.6 is 0 Å². The fraction of sp³-hybridized carbons (Fsp3) is 0.923. The average Bonchev–Trinajstić information content (AvgIpc) is 2.89. The van der Waals surface area contributed by atoms with E-state index in [1.165, 1.54) is 77.0 Å². The number of hydrogen-bond donors (Lipinski definition) is 1. The zero-order valence-corrected chi connectivity index (χ0v) is 18.8. The maximum Gasteiger partial charge on any atom is 0.223 e. The Kier molecular flexibility index (Phi) is 10.0. The molecule has 3 aliphatic carbocycles. The van der Waals surface area contributed by atoms with Crippen LogP contribution in [0, 0.1) is 17.8 Å². The normalized spacial score (nSPS) is 29.0. The SMILES string of the molecule is O=C(CC1CCCCCCC1)C1CCCCC(NC(=O)C2CCCCCCC2)C1. The molecule has 0 aliphatic heterocycles. The highest BCUT2D eigenvalue weighted by Gasteiger charge is 2.29. The molecule has 166 valence electrons. The molecule has 3 fully saturated rings. The van der Waals surface area contributed by atoms with E-state index in [2.05, 4.69) is 5.32 Å². The lowest BCUT2D eigenvalue weighted by atomic mass is 9.83. The molecule has 0 aromatic carbocycles. The highest BCUT2D eigenvalue weighted by molar-refractivity contribution is 5.82. The minimum atomic E-state index is 0.186. The Balaban J connectivity index is 1.48. The Bertz CT molecular complexity index is 487. The summed E-state index contributed by atoms with van der Waals surface area (Å²) in [5, 5.41) is 3.39. The summed E-state index contributed by atoms with van der Waals surface area (Å²) in [6.45, 7) is 0. The second-order valence-electron chi connectivity index (χ2n) is 10.3. The van der Waals surface area contributed by atoms with Crippen LogP contribution in [0.2, 0.25) is 0 Å². The van der Waals surface area contributed by atoms with Crippen molar-refractivity contribution in [2.75, 3.05) is 0 Å². The summed E-state index contributed by atoms with van der Waals surface area (Å²) in [4.78, 5) is 26.0. The molecule has 3 rings (SSSR count). The zero-order chi connectivity index (χ0) is 20.3. The standard InChI is InChI=1S/C26H45NO2/c28-25(19-21-13-7-3-1-4-8-14-21)23-17-11-12-18-24(20-23)27-26(29)22-15-9-5-2-6-10-16-22/h21-24H,1-20H2,(H,27,29). The van der Waals surface area contributed by atoms with Gasteiger partial charge in [0.15, 0.2) is 0 Å². The Labute approximate surface area is 179 Å². The summed E-state index contributed by atoms with van der Waals surface area (Å²) >= 11 is 0. The number of Topliss-reactive ketones (excluding diaryl/α,β-unsaturated/α-hetero) is 1. The molecule has 3 aliphatic rings. The Morgan fingerprint density at radius 3 is 1.72 bits per heavy atom. The van der Waals surface area contributed by atoms with Crippen molar-refractivity contribution >= 4 is 11.7 Å².